The molecule has 2 rings (SSSR count). The van der Waals surface area contributed by atoms with Crippen molar-refractivity contribution in [2.75, 3.05) is 13.7 Å². The van der Waals surface area contributed by atoms with Crippen molar-refractivity contribution in [2.24, 2.45) is 5.73 Å². The minimum Gasteiger partial charge on any atom is -0.399 e. The lowest BCUT2D eigenvalue weighted by atomic mass is 10.1. The average molecular weight is 478 g/mol. The van der Waals surface area contributed by atoms with Gasteiger partial charge in [-0.1, -0.05) is 82.9 Å². The SMILES string of the molecule is CCCCCCCCCCCCOS(=O)(=O)c1ccccc1.COC1C=C(N)C=CC1=[N+]=[N-]. The quantitative estimate of drug-likeness (QED) is 0.167. The minimum absolute atomic E-state index is 0.238. The third-order valence-corrected chi connectivity index (χ3v) is 6.55. The van der Waals surface area contributed by atoms with Crippen LogP contribution in [0.3, 0.4) is 0 Å². The van der Waals surface area contributed by atoms with Crippen molar-refractivity contribution in [3.8, 4) is 0 Å². The van der Waals surface area contributed by atoms with Gasteiger partial charge in [0, 0.05) is 18.9 Å². The van der Waals surface area contributed by atoms with E-state index in [0.717, 1.165) is 12.8 Å². The van der Waals surface area contributed by atoms with Gasteiger partial charge in [-0.2, -0.15) is 13.2 Å². The highest BCUT2D eigenvalue weighted by Gasteiger charge is 2.20. The normalized spacial score (nSPS) is 15.4. The van der Waals surface area contributed by atoms with Crippen molar-refractivity contribution in [3.63, 3.8) is 0 Å². The van der Waals surface area contributed by atoms with Crippen molar-refractivity contribution in [2.45, 2.75) is 82.1 Å². The second kappa shape index (κ2) is 17.3. The maximum Gasteiger partial charge on any atom is 0.324 e. The molecule has 1 atom stereocenters. The summed E-state index contributed by atoms with van der Waals surface area (Å²) in [4.78, 5) is 3.28. The summed E-state index contributed by atoms with van der Waals surface area (Å²) in [5.74, 6) is 0. The van der Waals surface area contributed by atoms with E-state index in [9.17, 15) is 8.42 Å². The van der Waals surface area contributed by atoms with Crippen LogP contribution in [0.25, 0.3) is 5.53 Å². The van der Waals surface area contributed by atoms with Crippen molar-refractivity contribution < 1.29 is 22.1 Å². The number of unbranched alkanes of at least 4 members (excludes halogenated alkanes) is 9. The van der Waals surface area contributed by atoms with Crippen LogP contribution in [0, 0.1) is 0 Å². The molecule has 0 heterocycles. The molecule has 1 aliphatic rings. The molecular formula is C25H39N3O4S. The number of hydrogen-bond acceptors (Lipinski definition) is 5. The van der Waals surface area contributed by atoms with Crippen molar-refractivity contribution >= 4 is 15.8 Å². The number of rotatable bonds is 14. The van der Waals surface area contributed by atoms with Gasteiger partial charge >= 0.3 is 5.71 Å². The van der Waals surface area contributed by atoms with Gasteiger partial charge < -0.3 is 16.0 Å². The highest BCUT2D eigenvalue weighted by atomic mass is 32.2. The Hall–Kier alpha value is -2.25. The van der Waals surface area contributed by atoms with E-state index in [1.165, 1.54) is 58.5 Å². The van der Waals surface area contributed by atoms with Crippen molar-refractivity contribution in [1.82, 2.24) is 0 Å². The molecule has 0 fully saturated rings. The van der Waals surface area contributed by atoms with E-state index in [1.807, 2.05) is 0 Å². The molecule has 0 aromatic heterocycles. The molecule has 0 spiro atoms. The molecule has 1 aliphatic carbocycles. The fourth-order valence-electron chi connectivity index (χ4n) is 3.28. The predicted octanol–water partition coefficient (Wildman–Crippen LogP) is 5.40. The molecular weight excluding hydrogens is 438 g/mol. The van der Waals surface area contributed by atoms with Gasteiger partial charge in [0.25, 0.3) is 10.1 Å². The van der Waals surface area contributed by atoms with Crippen LogP contribution >= 0.6 is 0 Å². The van der Waals surface area contributed by atoms with Gasteiger partial charge in [-0.05, 0) is 30.7 Å². The van der Waals surface area contributed by atoms with E-state index in [0.29, 0.717) is 11.4 Å². The highest BCUT2D eigenvalue weighted by molar-refractivity contribution is 7.86. The van der Waals surface area contributed by atoms with E-state index in [4.69, 9.17) is 20.2 Å². The second-order valence-electron chi connectivity index (χ2n) is 7.95. The maximum atomic E-state index is 11.9. The molecule has 1 unspecified atom stereocenters. The lowest BCUT2D eigenvalue weighted by Gasteiger charge is -2.07. The number of allylic oxidation sites excluding steroid dienone is 1. The van der Waals surface area contributed by atoms with Gasteiger partial charge in [-0.3, -0.25) is 4.18 Å². The lowest BCUT2D eigenvalue weighted by Crippen LogP contribution is -2.24. The molecule has 0 aliphatic heterocycles. The van der Waals surface area contributed by atoms with Crippen LogP contribution < -0.4 is 5.73 Å². The number of hydrogen-bond donors (Lipinski definition) is 1. The Kier molecular flexibility index (Phi) is 15.1. The third kappa shape index (κ3) is 12.5. The van der Waals surface area contributed by atoms with Gasteiger partial charge in [0.1, 0.15) is 0 Å². The van der Waals surface area contributed by atoms with E-state index in [1.54, 1.807) is 48.6 Å². The fraction of sp³-hybridized carbons (Fsp3) is 0.560. The first-order valence-corrected chi connectivity index (χ1v) is 13.2. The van der Waals surface area contributed by atoms with Gasteiger partial charge in [0.2, 0.25) is 0 Å². The second-order valence-corrected chi connectivity index (χ2v) is 9.57. The Balaban J connectivity index is 0.000000412. The molecule has 7 nitrogen and oxygen atoms in total. The molecule has 33 heavy (non-hydrogen) atoms. The first-order valence-electron chi connectivity index (χ1n) is 11.8. The van der Waals surface area contributed by atoms with Crippen LogP contribution in [0.2, 0.25) is 0 Å². The molecule has 0 saturated carbocycles. The predicted molar refractivity (Wildman–Crippen MR) is 132 cm³/mol. The zero-order valence-electron chi connectivity index (χ0n) is 20.0. The number of benzene rings is 1. The smallest absolute Gasteiger partial charge is 0.324 e. The minimum atomic E-state index is -3.57. The topological polar surface area (TPSA) is 115 Å². The zero-order chi connectivity index (χ0) is 24.4. The van der Waals surface area contributed by atoms with Crippen LogP contribution in [-0.4, -0.2) is 38.7 Å². The molecule has 1 aromatic carbocycles. The molecule has 2 N–H and O–H groups in total. The molecule has 1 aromatic rings. The summed E-state index contributed by atoms with van der Waals surface area (Å²) in [7, 11) is -2.04. The van der Waals surface area contributed by atoms with Crippen molar-refractivity contribution in [3.05, 3.63) is 59.8 Å². The van der Waals surface area contributed by atoms with Crippen LogP contribution in [0.4, 0.5) is 0 Å². The standard InChI is InChI=1S/C18H30O3S.C7H9N3O/c1-2-3-4-5-6-7-8-9-10-14-17-21-22(19,20)18-15-12-11-13-16-18;1-11-7-4-5(8)2-3-6(7)10-9/h11-13,15-16H,2-10,14,17H2,1H3;2-4,7H,8H2,1H3. The van der Waals surface area contributed by atoms with Gasteiger partial charge in [-0.15, -0.1) is 0 Å². The summed E-state index contributed by atoms with van der Waals surface area (Å²) < 4.78 is 33.8. The Labute approximate surface area is 199 Å². The van der Waals surface area contributed by atoms with E-state index >= 15 is 0 Å². The van der Waals surface area contributed by atoms with Crippen LogP contribution in [0.5, 0.6) is 0 Å². The summed E-state index contributed by atoms with van der Waals surface area (Å²) in [6.07, 6.45) is 16.9. The lowest BCUT2D eigenvalue weighted by molar-refractivity contribution is -0.0185. The van der Waals surface area contributed by atoms with Crippen LogP contribution in [-0.2, 0) is 19.0 Å². The Morgan fingerprint density at radius 2 is 1.52 bits per heavy atom. The summed E-state index contributed by atoms with van der Waals surface area (Å²) in [6, 6.07) is 8.33. The third-order valence-electron chi connectivity index (χ3n) is 5.22. The molecule has 0 bridgehead atoms. The van der Waals surface area contributed by atoms with Crippen molar-refractivity contribution in [1.29, 1.82) is 0 Å². The van der Waals surface area contributed by atoms with E-state index in [2.05, 4.69) is 11.7 Å². The summed E-state index contributed by atoms with van der Waals surface area (Å²) in [5, 5.41) is 0. The maximum absolute atomic E-state index is 11.9. The van der Waals surface area contributed by atoms with Crippen LogP contribution in [0.1, 0.15) is 71.1 Å². The molecule has 0 saturated heterocycles. The molecule has 0 radical (unpaired) electrons. The first-order chi connectivity index (χ1) is 15.9. The molecule has 184 valence electrons. The fourth-order valence-corrected chi connectivity index (χ4v) is 4.25. The average Bonchev–Trinajstić information content (AvgIpc) is 2.83. The molecule has 8 heteroatoms. The number of methoxy groups -OCH3 is 1. The first kappa shape index (κ1) is 28.8. The van der Waals surface area contributed by atoms with Crippen LogP contribution in [0.15, 0.2) is 59.2 Å². The Bertz CT molecular complexity index is 876. The summed E-state index contributed by atoms with van der Waals surface area (Å²) in [5.41, 5.74) is 15.0. The van der Waals surface area contributed by atoms with Gasteiger partial charge in [0.15, 0.2) is 6.10 Å². The summed E-state index contributed by atoms with van der Waals surface area (Å²) in [6.45, 7) is 2.52. The Morgan fingerprint density at radius 3 is 2.06 bits per heavy atom. The highest BCUT2D eigenvalue weighted by Crippen LogP contribution is 2.14. The Morgan fingerprint density at radius 1 is 0.939 bits per heavy atom. The monoisotopic (exact) mass is 477 g/mol. The van der Waals surface area contributed by atoms with E-state index in [-0.39, 0.29) is 17.6 Å². The van der Waals surface area contributed by atoms with Gasteiger partial charge in [0.05, 0.1) is 11.5 Å². The number of nitrogens with two attached hydrogens (primary N) is 1. The number of ether oxygens (including phenoxy) is 1. The van der Waals surface area contributed by atoms with Gasteiger partial charge in [-0.25, -0.2) is 0 Å². The number of nitrogens with zero attached hydrogens (tertiary/aromatic N) is 2. The molecule has 0 amide bonds. The summed E-state index contributed by atoms with van der Waals surface area (Å²) >= 11 is 0. The van der Waals surface area contributed by atoms with E-state index < -0.39 is 10.1 Å². The largest absolute Gasteiger partial charge is 0.399 e. The zero-order valence-corrected chi connectivity index (χ0v) is 20.8.